The van der Waals surface area contributed by atoms with Crippen molar-refractivity contribution in [3.8, 4) is 0 Å². The molecule has 4 bridgehead atoms. The van der Waals surface area contributed by atoms with Crippen LogP contribution in [0.5, 0.6) is 0 Å². The van der Waals surface area contributed by atoms with Gasteiger partial charge in [-0.05, 0) is 61.5 Å². The summed E-state index contributed by atoms with van der Waals surface area (Å²) in [7, 11) is 0. The monoisotopic (exact) mass is 304 g/mol. The van der Waals surface area contributed by atoms with E-state index in [4.69, 9.17) is 10.7 Å². The lowest BCUT2D eigenvalue weighted by Gasteiger charge is -2.64. The van der Waals surface area contributed by atoms with Crippen molar-refractivity contribution in [1.82, 2.24) is 15.0 Å². The van der Waals surface area contributed by atoms with Gasteiger partial charge in [-0.3, -0.25) is 0 Å². The van der Waals surface area contributed by atoms with Crippen molar-refractivity contribution in [2.45, 2.75) is 62.9 Å². The molecule has 0 amide bonds. The fourth-order valence-electron chi connectivity index (χ4n) is 6.40. The number of anilines is 1. The van der Waals surface area contributed by atoms with Crippen molar-refractivity contribution in [2.75, 3.05) is 12.0 Å². The number of thioether (sulfide) groups is 1. The standard InChI is InChI=1S/C16H24N4S/c1-14-4-10-5-15(2,7-14)9-16(6-10,8-14)11-18-12(17)20-13(19-11)21-3/h10H,4-9H2,1-3H3,(H2,17,18,19,20). The van der Waals surface area contributed by atoms with Crippen LogP contribution in [0, 0.1) is 16.7 Å². The van der Waals surface area contributed by atoms with E-state index < -0.39 is 0 Å². The molecule has 0 aliphatic heterocycles. The van der Waals surface area contributed by atoms with Gasteiger partial charge in [0.2, 0.25) is 5.95 Å². The molecule has 0 saturated heterocycles. The van der Waals surface area contributed by atoms with Gasteiger partial charge in [0.15, 0.2) is 5.16 Å². The Labute approximate surface area is 130 Å². The van der Waals surface area contributed by atoms with Crippen LogP contribution < -0.4 is 5.73 Å². The number of nitrogen functional groups attached to an aromatic ring is 1. The molecule has 21 heavy (non-hydrogen) atoms. The molecule has 0 aromatic carbocycles. The number of hydrogen-bond donors (Lipinski definition) is 1. The summed E-state index contributed by atoms with van der Waals surface area (Å²) in [6.45, 7) is 4.95. The van der Waals surface area contributed by atoms with Gasteiger partial charge in [-0.2, -0.15) is 9.97 Å². The molecule has 2 N–H and O–H groups in total. The van der Waals surface area contributed by atoms with Crippen LogP contribution in [0.4, 0.5) is 5.95 Å². The maximum absolute atomic E-state index is 5.94. The van der Waals surface area contributed by atoms with Crippen LogP contribution in [0.15, 0.2) is 5.16 Å². The normalized spacial score (nSPS) is 44.2. The quantitative estimate of drug-likeness (QED) is 0.848. The number of hydrogen-bond acceptors (Lipinski definition) is 5. The molecule has 4 saturated carbocycles. The first kappa shape index (κ1) is 13.8. The van der Waals surface area contributed by atoms with Crippen LogP contribution in [0.3, 0.4) is 0 Å². The summed E-state index contributed by atoms with van der Waals surface area (Å²) in [5, 5.41) is 0.767. The Bertz CT molecular complexity index is 584. The van der Waals surface area contributed by atoms with Crippen molar-refractivity contribution >= 4 is 17.7 Å². The average molecular weight is 304 g/mol. The Balaban J connectivity index is 1.82. The first-order chi connectivity index (χ1) is 9.84. The van der Waals surface area contributed by atoms with Crippen LogP contribution in [-0.4, -0.2) is 21.2 Å². The molecule has 114 valence electrons. The fraction of sp³-hybridized carbons (Fsp3) is 0.812. The molecule has 0 spiro atoms. The summed E-state index contributed by atoms with van der Waals surface area (Å²) in [4.78, 5) is 13.6. The van der Waals surface area contributed by atoms with Crippen molar-refractivity contribution in [3.05, 3.63) is 5.82 Å². The van der Waals surface area contributed by atoms with E-state index in [1.807, 2.05) is 6.26 Å². The summed E-state index contributed by atoms with van der Waals surface area (Å²) < 4.78 is 0. The maximum Gasteiger partial charge on any atom is 0.224 e. The Kier molecular flexibility index (Phi) is 2.71. The highest BCUT2D eigenvalue weighted by atomic mass is 32.2. The van der Waals surface area contributed by atoms with E-state index >= 15 is 0 Å². The number of nitrogens with zero attached hydrogens (tertiary/aromatic N) is 3. The molecule has 5 heteroatoms. The van der Waals surface area contributed by atoms with E-state index in [0.717, 1.165) is 16.9 Å². The van der Waals surface area contributed by atoms with Gasteiger partial charge in [0, 0.05) is 5.41 Å². The molecule has 4 aliphatic carbocycles. The molecule has 1 aromatic rings. The first-order valence-electron chi connectivity index (χ1n) is 7.90. The lowest BCUT2D eigenvalue weighted by atomic mass is 9.40. The number of rotatable bonds is 2. The first-order valence-corrected chi connectivity index (χ1v) is 9.12. The largest absolute Gasteiger partial charge is 0.368 e. The minimum absolute atomic E-state index is 0.143. The summed E-state index contributed by atoms with van der Waals surface area (Å²) in [6.07, 6.45) is 9.85. The van der Waals surface area contributed by atoms with Crippen molar-refractivity contribution in [1.29, 1.82) is 0 Å². The number of aromatic nitrogens is 3. The maximum atomic E-state index is 5.94. The van der Waals surface area contributed by atoms with Gasteiger partial charge >= 0.3 is 0 Å². The van der Waals surface area contributed by atoms with Crippen LogP contribution in [0.1, 0.15) is 58.2 Å². The molecule has 1 heterocycles. The van der Waals surface area contributed by atoms with Gasteiger partial charge in [-0.15, -0.1) is 0 Å². The predicted octanol–water partition coefficient (Wildman–Crippen LogP) is 3.42. The predicted molar refractivity (Wildman–Crippen MR) is 85.1 cm³/mol. The smallest absolute Gasteiger partial charge is 0.224 e. The van der Waals surface area contributed by atoms with E-state index in [-0.39, 0.29) is 5.41 Å². The van der Waals surface area contributed by atoms with Crippen molar-refractivity contribution in [3.63, 3.8) is 0 Å². The molecule has 4 nitrogen and oxygen atoms in total. The second kappa shape index (κ2) is 4.12. The molecule has 4 aliphatic rings. The van der Waals surface area contributed by atoms with Gasteiger partial charge in [-0.25, -0.2) is 4.98 Å². The summed E-state index contributed by atoms with van der Waals surface area (Å²) >= 11 is 1.56. The second-order valence-corrected chi connectivity index (χ2v) is 9.19. The average Bonchev–Trinajstić information content (AvgIpc) is 2.33. The third-order valence-electron chi connectivity index (χ3n) is 5.92. The molecule has 2 unspecified atom stereocenters. The molecular weight excluding hydrogens is 280 g/mol. The zero-order chi connectivity index (χ0) is 14.9. The van der Waals surface area contributed by atoms with Crippen LogP contribution >= 0.6 is 11.8 Å². The van der Waals surface area contributed by atoms with Gasteiger partial charge in [0.25, 0.3) is 0 Å². The van der Waals surface area contributed by atoms with Gasteiger partial charge in [0.1, 0.15) is 5.82 Å². The van der Waals surface area contributed by atoms with E-state index in [1.165, 1.54) is 38.5 Å². The summed E-state index contributed by atoms with van der Waals surface area (Å²) in [5.74, 6) is 2.20. The topological polar surface area (TPSA) is 64.7 Å². The second-order valence-electron chi connectivity index (χ2n) is 8.41. The molecule has 0 radical (unpaired) electrons. The highest BCUT2D eigenvalue weighted by Crippen LogP contribution is 2.69. The molecule has 5 rings (SSSR count). The molecule has 4 fully saturated rings. The fourth-order valence-corrected chi connectivity index (χ4v) is 6.76. The minimum Gasteiger partial charge on any atom is -0.368 e. The van der Waals surface area contributed by atoms with Gasteiger partial charge in [0.05, 0.1) is 0 Å². The Hall–Kier alpha value is -0.840. The van der Waals surface area contributed by atoms with E-state index in [0.29, 0.717) is 16.8 Å². The minimum atomic E-state index is 0.143. The SMILES string of the molecule is CSc1nc(N)nc(C23CC4CC(C)(CC(C)(C4)C2)C3)n1. The van der Waals surface area contributed by atoms with Crippen LogP contribution in [0.2, 0.25) is 0 Å². The Morgan fingerprint density at radius 3 is 2.24 bits per heavy atom. The zero-order valence-electron chi connectivity index (χ0n) is 13.1. The van der Waals surface area contributed by atoms with E-state index in [9.17, 15) is 0 Å². The van der Waals surface area contributed by atoms with Crippen LogP contribution in [0.25, 0.3) is 0 Å². The molecule has 1 aromatic heterocycles. The highest BCUT2D eigenvalue weighted by Gasteiger charge is 2.61. The van der Waals surface area contributed by atoms with E-state index in [1.54, 1.807) is 11.8 Å². The third kappa shape index (κ3) is 2.07. The zero-order valence-corrected chi connectivity index (χ0v) is 14.0. The third-order valence-corrected chi connectivity index (χ3v) is 6.46. The van der Waals surface area contributed by atoms with Crippen molar-refractivity contribution < 1.29 is 0 Å². The lowest BCUT2D eigenvalue weighted by Crippen LogP contribution is -2.57. The number of nitrogens with two attached hydrogens (primary N) is 1. The summed E-state index contributed by atoms with van der Waals surface area (Å²) in [6, 6.07) is 0. The Morgan fingerprint density at radius 1 is 1.00 bits per heavy atom. The van der Waals surface area contributed by atoms with Crippen molar-refractivity contribution in [2.24, 2.45) is 16.7 Å². The molecule has 2 atom stereocenters. The van der Waals surface area contributed by atoms with Crippen LogP contribution in [-0.2, 0) is 5.41 Å². The van der Waals surface area contributed by atoms with Gasteiger partial charge in [-0.1, -0.05) is 25.6 Å². The molecular formula is C16H24N4S. The summed E-state index contributed by atoms with van der Waals surface area (Å²) in [5.41, 5.74) is 7.02. The van der Waals surface area contributed by atoms with E-state index in [2.05, 4.69) is 23.8 Å². The lowest BCUT2D eigenvalue weighted by molar-refractivity contribution is -0.112. The van der Waals surface area contributed by atoms with Gasteiger partial charge < -0.3 is 5.73 Å². The highest BCUT2D eigenvalue weighted by molar-refractivity contribution is 7.98. The Morgan fingerprint density at radius 2 is 1.67 bits per heavy atom.